The monoisotopic (exact) mass is 388 g/mol. The molecule has 2 aromatic heterocycles. The van der Waals surface area contributed by atoms with E-state index in [9.17, 15) is 4.79 Å². The maximum absolute atomic E-state index is 13.5. The Morgan fingerprint density at radius 3 is 2.79 bits per heavy atom. The van der Waals surface area contributed by atoms with Crippen LogP contribution in [-0.4, -0.2) is 51.3 Å². The minimum absolute atomic E-state index is 0.0615. The summed E-state index contributed by atoms with van der Waals surface area (Å²) < 4.78 is 2.08. The summed E-state index contributed by atoms with van der Waals surface area (Å²) in [6.45, 7) is 7.88. The van der Waals surface area contributed by atoms with Gasteiger partial charge in [0.2, 0.25) is 0 Å². The molecule has 1 fully saturated rings. The SMILES string of the molecule is CC(C)Cc1nc(C(=O)N2CCN3CCc4ccccc4C3C2)c2ccccn12. The van der Waals surface area contributed by atoms with E-state index in [1.807, 2.05) is 29.3 Å². The molecule has 0 bridgehead atoms. The molecule has 0 saturated carbocycles. The van der Waals surface area contributed by atoms with E-state index < -0.39 is 0 Å². The third-order valence-electron chi connectivity index (χ3n) is 6.28. The minimum Gasteiger partial charge on any atom is -0.334 e. The van der Waals surface area contributed by atoms with Gasteiger partial charge in [0, 0.05) is 38.8 Å². The van der Waals surface area contributed by atoms with Crippen LogP contribution >= 0.6 is 0 Å². The fraction of sp³-hybridized carbons (Fsp3) is 0.417. The Labute approximate surface area is 172 Å². The van der Waals surface area contributed by atoms with Gasteiger partial charge < -0.3 is 9.30 Å². The molecule has 150 valence electrons. The number of fused-ring (bicyclic) bond motifs is 4. The van der Waals surface area contributed by atoms with Crippen LogP contribution in [0.5, 0.6) is 0 Å². The van der Waals surface area contributed by atoms with E-state index in [1.165, 1.54) is 11.1 Å². The Hall–Kier alpha value is -2.66. The predicted molar refractivity (Wildman–Crippen MR) is 114 cm³/mol. The molecule has 0 aliphatic carbocycles. The largest absolute Gasteiger partial charge is 0.334 e. The van der Waals surface area contributed by atoms with Crippen molar-refractivity contribution in [3.05, 3.63) is 71.3 Å². The number of nitrogens with zero attached hydrogens (tertiary/aromatic N) is 4. The average Bonchev–Trinajstić information content (AvgIpc) is 3.10. The summed E-state index contributed by atoms with van der Waals surface area (Å²) in [5, 5.41) is 0. The maximum atomic E-state index is 13.5. The Balaban J connectivity index is 1.46. The number of hydrogen-bond donors (Lipinski definition) is 0. The number of carbonyl (C=O) groups excluding carboxylic acids is 1. The van der Waals surface area contributed by atoms with Crippen molar-refractivity contribution < 1.29 is 4.79 Å². The topological polar surface area (TPSA) is 40.9 Å². The molecule has 0 N–H and O–H groups in total. The summed E-state index contributed by atoms with van der Waals surface area (Å²) in [5.74, 6) is 1.53. The predicted octanol–water partition coefficient (Wildman–Crippen LogP) is 3.59. The van der Waals surface area contributed by atoms with Crippen LogP contribution in [0.4, 0.5) is 0 Å². The highest BCUT2D eigenvalue weighted by Gasteiger charge is 2.35. The van der Waals surface area contributed by atoms with Crippen molar-refractivity contribution in [1.82, 2.24) is 19.2 Å². The van der Waals surface area contributed by atoms with E-state index in [4.69, 9.17) is 4.98 Å². The van der Waals surface area contributed by atoms with Crippen LogP contribution in [0.3, 0.4) is 0 Å². The molecule has 4 heterocycles. The quantitative estimate of drug-likeness (QED) is 0.689. The number of carbonyl (C=O) groups is 1. The van der Waals surface area contributed by atoms with Crippen LogP contribution < -0.4 is 0 Å². The summed E-state index contributed by atoms with van der Waals surface area (Å²) in [7, 11) is 0. The minimum atomic E-state index is 0.0615. The van der Waals surface area contributed by atoms with Crippen molar-refractivity contribution in [2.24, 2.45) is 5.92 Å². The van der Waals surface area contributed by atoms with E-state index in [-0.39, 0.29) is 5.91 Å². The van der Waals surface area contributed by atoms with Gasteiger partial charge in [0.05, 0.1) is 11.6 Å². The number of pyridine rings is 1. The highest BCUT2D eigenvalue weighted by molar-refractivity contribution is 5.99. The number of benzene rings is 1. The number of imidazole rings is 1. The maximum Gasteiger partial charge on any atom is 0.274 e. The van der Waals surface area contributed by atoms with Gasteiger partial charge in [-0.3, -0.25) is 9.69 Å². The second-order valence-corrected chi connectivity index (χ2v) is 8.68. The van der Waals surface area contributed by atoms with E-state index in [0.717, 1.165) is 50.4 Å². The molecule has 5 heteroatoms. The summed E-state index contributed by atoms with van der Waals surface area (Å²) in [6, 6.07) is 15.0. The standard InChI is InChI=1S/C24H28N4O/c1-17(2)15-22-25-23(20-9-5-6-11-28(20)22)24(29)27-14-13-26-12-10-18-7-3-4-8-19(18)21(26)16-27/h3-9,11,17,21H,10,12-16H2,1-2H3. The van der Waals surface area contributed by atoms with Crippen molar-refractivity contribution in [2.75, 3.05) is 26.2 Å². The van der Waals surface area contributed by atoms with Crippen molar-refractivity contribution >= 4 is 11.4 Å². The molecule has 2 aliphatic heterocycles. The summed E-state index contributed by atoms with van der Waals surface area (Å²) >= 11 is 0. The Morgan fingerprint density at radius 1 is 1.10 bits per heavy atom. The molecule has 5 rings (SSSR count). The number of amides is 1. The van der Waals surface area contributed by atoms with Gasteiger partial charge in [-0.15, -0.1) is 0 Å². The van der Waals surface area contributed by atoms with Gasteiger partial charge in [-0.1, -0.05) is 44.2 Å². The molecular weight excluding hydrogens is 360 g/mol. The molecule has 0 spiro atoms. The molecule has 1 saturated heterocycles. The molecule has 3 aromatic rings. The summed E-state index contributed by atoms with van der Waals surface area (Å²) in [6.07, 6.45) is 3.99. The lowest BCUT2D eigenvalue weighted by Crippen LogP contribution is -2.52. The normalized spacial score (nSPS) is 19.4. The zero-order chi connectivity index (χ0) is 20.0. The van der Waals surface area contributed by atoms with Gasteiger partial charge in [-0.05, 0) is 35.6 Å². The number of rotatable bonds is 3. The van der Waals surface area contributed by atoms with Crippen LogP contribution in [0.25, 0.3) is 5.52 Å². The molecule has 0 radical (unpaired) electrons. The fourth-order valence-electron chi connectivity index (χ4n) is 4.84. The first-order chi connectivity index (χ1) is 14.1. The van der Waals surface area contributed by atoms with E-state index in [2.05, 4.69) is 47.4 Å². The molecular formula is C24H28N4O. The fourth-order valence-corrected chi connectivity index (χ4v) is 4.84. The lowest BCUT2D eigenvalue weighted by atomic mass is 9.91. The molecule has 1 amide bonds. The van der Waals surface area contributed by atoms with Gasteiger partial charge in [-0.2, -0.15) is 0 Å². The molecule has 2 aliphatic rings. The highest BCUT2D eigenvalue weighted by Crippen LogP contribution is 2.33. The number of aromatic nitrogens is 2. The summed E-state index contributed by atoms with van der Waals surface area (Å²) in [5.41, 5.74) is 4.32. The first kappa shape index (κ1) is 18.4. The van der Waals surface area contributed by atoms with E-state index in [0.29, 0.717) is 17.7 Å². The first-order valence-corrected chi connectivity index (χ1v) is 10.7. The van der Waals surface area contributed by atoms with Gasteiger partial charge in [0.15, 0.2) is 5.69 Å². The zero-order valence-corrected chi connectivity index (χ0v) is 17.2. The Morgan fingerprint density at radius 2 is 1.93 bits per heavy atom. The van der Waals surface area contributed by atoms with Crippen molar-refractivity contribution in [2.45, 2.75) is 32.7 Å². The van der Waals surface area contributed by atoms with Crippen LogP contribution in [0.15, 0.2) is 48.7 Å². The van der Waals surface area contributed by atoms with Crippen LogP contribution in [-0.2, 0) is 12.8 Å². The highest BCUT2D eigenvalue weighted by atomic mass is 16.2. The third kappa shape index (κ3) is 3.23. The van der Waals surface area contributed by atoms with Gasteiger partial charge in [0.25, 0.3) is 5.91 Å². The van der Waals surface area contributed by atoms with Crippen molar-refractivity contribution in [1.29, 1.82) is 0 Å². The third-order valence-corrected chi connectivity index (χ3v) is 6.28. The molecule has 1 atom stereocenters. The zero-order valence-electron chi connectivity index (χ0n) is 17.2. The van der Waals surface area contributed by atoms with Crippen LogP contribution in [0.1, 0.15) is 47.3 Å². The van der Waals surface area contributed by atoms with E-state index in [1.54, 1.807) is 0 Å². The molecule has 5 nitrogen and oxygen atoms in total. The summed E-state index contributed by atoms with van der Waals surface area (Å²) in [4.78, 5) is 22.9. The lowest BCUT2D eigenvalue weighted by molar-refractivity contribution is 0.0451. The van der Waals surface area contributed by atoms with Crippen molar-refractivity contribution in [3.63, 3.8) is 0 Å². The van der Waals surface area contributed by atoms with Crippen LogP contribution in [0, 0.1) is 5.92 Å². The smallest absolute Gasteiger partial charge is 0.274 e. The number of hydrogen-bond acceptors (Lipinski definition) is 3. The Kier molecular flexibility index (Phi) is 4.63. The lowest BCUT2D eigenvalue weighted by Gasteiger charge is -2.44. The van der Waals surface area contributed by atoms with E-state index >= 15 is 0 Å². The Bertz CT molecular complexity index is 1050. The van der Waals surface area contributed by atoms with Gasteiger partial charge >= 0.3 is 0 Å². The molecule has 1 unspecified atom stereocenters. The van der Waals surface area contributed by atoms with Crippen LogP contribution in [0.2, 0.25) is 0 Å². The average molecular weight is 389 g/mol. The van der Waals surface area contributed by atoms with Crippen molar-refractivity contribution in [3.8, 4) is 0 Å². The van der Waals surface area contributed by atoms with Gasteiger partial charge in [0.1, 0.15) is 5.82 Å². The number of piperazine rings is 1. The first-order valence-electron chi connectivity index (χ1n) is 10.7. The molecule has 1 aromatic carbocycles. The van der Waals surface area contributed by atoms with Gasteiger partial charge in [-0.25, -0.2) is 4.98 Å². The second-order valence-electron chi connectivity index (χ2n) is 8.68. The molecule has 29 heavy (non-hydrogen) atoms. The second kappa shape index (κ2) is 7.30.